The third-order valence-electron chi connectivity index (χ3n) is 5.37. The van der Waals surface area contributed by atoms with Gasteiger partial charge in [0.05, 0.1) is 19.8 Å². The highest BCUT2D eigenvalue weighted by molar-refractivity contribution is 5.82. The van der Waals surface area contributed by atoms with Gasteiger partial charge in [0.1, 0.15) is 5.75 Å². The van der Waals surface area contributed by atoms with Crippen LogP contribution < -0.4 is 15.4 Å². The van der Waals surface area contributed by atoms with Crippen molar-refractivity contribution in [2.24, 2.45) is 5.92 Å². The van der Waals surface area contributed by atoms with Gasteiger partial charge in [-0.2, -0.15) is 0 Å². The summed E-state index contributed by atoms with van der Waals surface area (Å²) >= 11 is 0. The lowest BCUT2D eigenvalue weighted by molar-refractivity contribution is -0.122. The summed E-state index contributed by atoms with van der Waals surface area (Å²) in [6.45, 7) is 1.91. The summed E-state index contributed by atoms with van der Waals surface area (Å²) in [5, 5.41) is 6.57. The lowest BCUT2D eigenvalue weighted by Crippen LogP contribution is -2.43. The summed E-state index contributed by atoms with van der Waals surface area (Å²) in [6.07, 6.45) is 6.97. The molecule has 3 unspecified atom stereocenters. The Labute approximate surface area is 150 Å². The molecule has 2 N–H and O–H groups in total. The van der Waals surface area contributed by atoms with Crippen LogP contribution in [0.3, 0.4) is 0 Å². The third-order valence-corrected chi connectivity index (χ3v) is 5.37. The molecule has 0 aromatic heterocycles. The Hall–Kier alpha value is -1.59. The Morgan fingerprint density at radius 3 is 2.80 bits per heavy atom. The van der Waals surface area contributed by atoms with Gasteiger partial charge in [-0.15, -0.1) is 0 Å². The van der Waals surface area contributed by atoms with Crippen LogP contribution in [-0.2, 0) is 16.1 Å². The summed E-state index contributed by atoms with van der Waals surface area (Å²) in [5.41, 5.74) is 1.13. The molecule has 1 saturated heterocycles. The zero-order valence-electron chi connectivity index (χ0n) is 15.1. The quantitative estimate of drug-likeness (QED) is 0.711. The summed E-state index contributed by atoms with van der Waals surface area (Å²) in [7, 11) is 1.66. The van der Waals surface area contributed by atoms with Gasteiger partial charge in [-0.3, -0.25) is 4.79 Å². The van der Waals surface area contributed by atoms with E-state index in [9.17, 15) is 4.79 Å². The van der Waals surface area contributed by atoms with Crippen LogP contribution in [0.1, 0.15) is 44.1 Å². The minimum absolute atomic E-state index is 0.00770. The predicted molar refractivity (Wildman–Crippen MR) is 97.6 cm³/mol. The Morgan fingerprint density at radius 1 is 1.24 bits per heavy atom. The van der Waals surface area contributed by atoms with E-state index in [0.29, 0.717) is 31.7 Å². The van der Waals surface area contributed by atoms with Crippen molar-refractivity contribution in [1.29, 1.82) is 0 Å². The van der Waals surface area contributed by atoms with E-state index < -0.39 is 0 Å². The molecule has 0 bridgehead atoms. The molecule has 5 heteroatoms. The molecule has 1 aromatic rings. The number of hydrogen-bond acceptors (Lipinski definition) is 4. The van der Waals surface area contributed by atoms with E-state index in [2.05, 4.69) is 10.6 Å². The van der Waals surface area contributed by atoms with Crippen LogP contribution in [0.4, 0.5) is 0 Å². The highest BCUT2D eigenvalue weighted by Gasteiger charge is 2.37. The average Bonchev–Trinajstić information content (AvgIpc) is 3.09. The molecule has 1 aliphatic carbocycles. The highest BCUT2D eigenvalue weighted by Crippen LogP contribution is 2.33. The van der Waals surface area contributed by atoms with Gasteiger partial charge in [0.15, 0.2) is 0 Å². The number of benzene rings is 1. The summed E-state index contributed by atoms with van der Waals surface area (Å²) in [5.74, 6) is 1.72. The summed E-state index contributed by atoms with van der Waals surface area (Å²) in [4.78, 5) is 12.3. The van der Waals surface area contributed by atoms with Crippen molar-refractivity contribution >= 4 is 5.91 Å². The molecule has 1 heterocycles. The second kappa shape index (κ2) is 9.20. The van der Waals surface area contributed by atoms with Crippen LogP contribution >= 0.6 is 0 Å². The van der Waals surface area contributed by atoms with Crippen LogP contribution in [0, 0.1) is 5.92 Å². The topological polar surface area (TPSA) is 59.6 Å². The number of methoxy groups -OCH3 is 1. The third kappa shape index (κ3) is 5.19. The Kier molecular flexibility index (Phi) is 6.70. The lowest BCUT2D eigenvalue weighted by atomic mass is 9.85. The van der Waals surface area contributed by atoms with Crippen LogP contribution in [0.15, 0.2) is 24.3 Å². The number of ether oxygens (including phenoxy) is 2. The Bertz CT molecular complexity index is 532. The van der Waals surface area contributed by atoms with Crippen molar-refractivity contribution < 1.29 is 14.3 Å². The fourth-order valence-corrected chi connectivity index (χ4v) is 3.94. The predicted octanol–water partition coefficient (Wildman–Crippen LogP) is 2.64. The van der Waals surface area contributed by atoms with E-state index in [1.807, 2.05) is 24.3 Å². The maximum atomic E-state index is 12.3. The molecule has 1 saturated carbocycles. The molecule has 3 atom stereocenters. The Morgan fingerprint density at radius 2 is 2.04 bits per heavy atom. The lowest BCUT2D eigenvalue weighted by Gasteiger charge is -2.24. The molecule has 2 aliphatic rings. The van der Waals surface area contributed by atoms with Crippen molar-refractivity contribution in [3.8, 4) is 5.75 Å². The standard InChI is InChI=1S/C20H30N2O3/c1-24-17-9-7-15(8-10-17)14-25-12-4-11-21-20(23)19-13-16-5-2-3-6-18(16)22-19/h7-10,16,18-19,22H,2-6,11-14H2,1H3,(H,21,23). The van der Waals surface area contributed by atoms with Gasteiger partial charge in [0.25, 0.3) is 0 Å². The molecule has 5 nitrogen and oxygen atoms in total. The van der Waals surface area contributed by atoms with Crippen LogP contribution in [0.25, 0.3) is 0 Å². The molecule has 1 aromatic carbocycles. The number of amides is 1. The monoisotopic (exact) mass is 346 g/mol. The molecule has 25 heavy (non-hydrogen) atoms. The zero-order valence-corrected chi connectivity index (χ0v) is 15.1. The van der Waals surface area contributed by atoms with E-state index in [0.717, 1.165) is 24.2 Å². The van der Waals surface area contributed by atoms with Gasteiger partial charge >= 0.3 is 0 Å². The van der Waals surface area contributed by atoms with E-state index in [1.165, 1.54) is 25.7 Å². The average molecular weight is 346 g/mol. The van der Waals surface area contributed by atoms with Crippen molar-refractivity contribution in [1.82, 2.24) is 10.6 Å². The highest BCUT2D eigenvalue weighted by atomic mass is 16.5. The molecular formula is C20H30N2O3. The van der Waals surface area contributed by atoms with Crippen LogP contribution in [0.5, 0.6) is 5.75 Å². The van der Waals surface area contributed by atoms with E-state index in [4.69, 9.17) is 9.47 Å². The maximum absolute atomic E-state index is 12.3. The van der Waals surface area contributed by atoms with Crippen LogP contribution in [0.2, 0.25) is 0 Å². The molecule has 1 aliphatic heterocycles. The maximum Gasteiger partial charge on any atom is 0.237 e. The molecule has 3 rings (SSSR count). The number of rotatable bonds is 8. The molecule has 2 fully saturated rings. The van der Waals surface area contributed by atoms with E-state index in [-0.39, 0.29) is 11.9 Å². The van der Waals surface area contributed by atoms with Gasteiger partial charge in [-0.25, -0.2) is 0 Å². The zero-order chi connectivity index (χ0) is 17.5. The molecular weight excluding hydrogens is 316 g/mol. The smallest absolute Gasteiger partial charge is 0.237 e. The summed E-state index contributed by atoms with van der Waals surface area (Å²) in [6, 6.07) is 8.46. The first-order valence-electron chi connectivity index (χ1n) is 9.50. The first kappa shape index (κ1) is 18.2. The van der Waals surface area contributed by atoms with Gasteiger partial charge in [0.2, 0.25) is 5.91 Å². The summed E-state index contributed by atoms with van der Waals surface area (Å²) < 4.78 is 10.8. The second-order valence-corrected chi connectivity index (χ2v) is 7.15. The fourth-order valence-electron chi connectivity index (χ4n) is 3.94. The fraction of sp³-hybridized carbons (Fsp3) is 0.650. The van der Waals surface area contributed by atoms with Crippen molar-refractivity contribution in [2.45, 2.75) is 57.2 Å². The minimum atomic E-state index is 0.00770. The number of fused-ring (bicyclic) bond motifs is 1. The largest absolute Gasteiger partial charge is 0.497 e. The second-order valence-electron chi connectivity index (χ2n) is 7.15. The van der Waals surface area contributed by atoms with E-state index >= 15 is 0 Å². The van der Waals surface area contributed by atoms with Gasteiger partial charge in [0, 0.05) is 19.2 Å². The minimum Gasteiger partial charge on any atom is -0.497 e. The van der Waals surface area contributed by atoms with Gasteiger partial charge in [-0.05, 0) is 49.3 Å². The van der Waals surface area contributed by atoms with Gasteiger partial charge in [-0.1, -0.05) is 25.0 Å². The Balaban J connectivity index is 1.26. The molecule has 138 valence electrons. The first-order valence-corrected chi connectivity index (χ1v) is 9.50. The number of hydrogen-bond donors (Lipinski definition) is 2. The molecule has 0 spiro atoms. The normalized spacial score (nSPS) is 25.4. The number of nitrogens with one attached hydrogen (secondary N) is 2. The van der Waals surface area contributed by atoms with Crippen molar-refractivity contribution in [3.05, 3.63) is 29.8 Å². The van der Waals surface area contributed by atoms with Crippen molar-refractivity contribution in [3.63, 3.8) is 0 Å². The van der Waals surface area contributed by atoms with Crippen molar-refractivity contribution in [2.75, 3.05) is 20.3 Å². The molecule has 1 amide bonds. The van der Waals surface area contributed by atoms with Crippen LogP contribution in [-0.4, -0.2) is 38.3 Å². The number of carbonyl (C=O) groups excluding carboxylic acids is 1. The first-order chi connectivity index (χ1) is 12.3. The SMILES string of the molecule is COc1ccc(COCCCNC(=O)C2CC3CCCCC3N2)cc1. The van der Waals surface area contributed by atoms with E-state index in [1.54, 1.807) is 7.11 Å². The molecule has 0 radical (unpaired) electrons. The van der Waals surface area contributed by atoms with Gasteiger partial charge < -0.3 is 20.1 Å². The number of carbonyl (C=O) groups is 1.